The molecule has 8 heteroatoms. The number of aliphatic hydroxyl groups excluding tert-OH is 1. The molecule has 1 aliphatic heterocycles. The summed E-state index contributed by atoms with van der Waals surface area (Å²) in [7, 11) is -3.64. The highest BCUT2D eigenvalue weighted by Gasteiger charge is 2.28. The maximum atomic E-state index is 12.8. The number of anilines is 1. The van der Waals surface area contributed by atoms with Crippen molar-refractivity contribution in [2.75, 3.05) is 18.4 Å². The van der Waals surface area contributed by atoms with E-state index in [1.807, 2.05) is 43.3 Å². The number of hydrogen-bond acceptors (Lipinski definition) is 5. The number of pyridine rings is 1. The van der Waals surface area contributed by atoms with Gasteiger partial charge in [0, 0.05) is 36.1 Å². The van der Waals surface area contributed by atoms with Crippen LogP contribution in [-0.4, -0.2) is 47.9 Å². The average molecular weight is 452 g/mol. The smallest absolute Gasteiger partial charge is 0.255 e. The summed E-state index contributed by atoms with van der Waals surface area (Å²) in [5.74, 6) is -0.328. The van der Waals surface area contributed by atoms with Gasteiger partial charge in [-0.25, -0.2) is 8.42 Å². The van der Waals surface area contributed by atoms with Gasteiger partial charge in [0.15, 0.2) is 0 Å². The van der Waals surface area contributed by atoms with Crippen LogP contribution in [0, 0.1) is 6.92 Å². The fourth-order valence-electron chi connectivity index (χ4n) is 3.71. The molecule has 0 saturated carbocycles. The average Bonchev–Trinajstić information content (AvgIpc) is 2.81. The molecule has 0 aliphatic carbocycles. The highest BCUT2D eigenvalue weighted by molar-refractivity contribution is 7.89. The van der Waals surface area contributed by atoms with Crippen LogP contribution in [0.3, 0.4) is 0 Å². The van der Waals surface area contributed by atoms with E-state index < -0.39 is 16.1 Å². The van der Waals surface area contributed by atoms with Crippen LogP contribution in [0.4, 0.5) is 5.69 Å². The van der Waals surface area contributed by atoms with Gasteiger partial charge < -0.3 is 10.4 Å². The number of piperidine rings is 1. The van der Waals surface area contributed by atoms with Crippen molar-refractivity contribution in [2.24, 2.45) is 0 Å². The largest absolute Gasteiger partial charge is 0.393 e. The quantitative estimate of drug-likeness (QED) is 0.619. The second-order valence-electron chi connectivity index (χ2n) is 7.86. The Labute approximate surface area is 187 Å². The lowest BCUT2D eigenvalue weighted by Gasteiger charge is -2.28. The minimum atomic E-state index is -3.64. The summed E-state index contributed by atoms with van der Waals surface area (Å²) in [6.45, 7) is 2.56. The summed E-state index contributed by atoms with van der Waals surface area (Å²) in [6, 6.07) is 17.2. The molecular formula is C24H25N3O4S. The molecule has 4 rings (SSSR count). The maximum absolute atomic E-state index is 12.8. The molecule has 1 saturated heterocycles. The van der Waals surface area contributed by atoms with Gasteiger partial charge in [0.25, 0.3) is 5.91 Å². The highest BCUT2D eigenvalue weighted by atomic mass is 32.2. The number of carbonyl (C=O) groups is 1. The summed E-state index contributed by atoms with van der Waals surface area (Å²) < 4.78 is 27.0. The number of nitrogens with zero attached hydrogens (tertiary/aromatic N) is 2. The molecule has 2 heterocycles. The summed E-state index contributed by atoms with van der Waals surface area (Å²) in [4.78, 5) is 17.2. The normalized spacial score (nSPS) is 15.4. The Kier molecular flexibility index (Phi) is 6.36. The van der Waals surface area contributed by atoms with Gasteiger partial charge in [0.1, 0.15) is 0 Å². The van der Waals surface area contributed by atoms with Crippen LogP contribution >= 0.6 is 0 Å². The Morgan fingerprint density at radius 1 is 1.06 bits per heavy atom. The molecule has 0 spiro atoms. The number of aryl methyl sites for hydroxylation is 1. The third-order valence-electron chi connectivity index (χ3n) is 5.61. The Balaban J connectivity index is 1.49. The summed E-state index contributed by atoms with van der Waals surface area (Å²) in [5, 5.41) is 12.5. The number of sulfonamides is 1. The van der Waals surface area contributed by atoms with Gasteiger partial charge in [-0.05, 0) is 73.9 Å². The zero-order valence-electron chi connectivity index (χ0n) is 17.7. The van der Waals surface area contributed by atoms with Gasteiger partial charge in [0.05, 0.1) is 16.7 Å². The molecule has 2 aromatic carbocycles. The fourth-order valence-corrected chi connectivity index (χ4v) is 5.18. The van der Waals surface area contributed by atoms with Gasteiger partial charge >= 0.3 is 0 Å². The Bertz CT molecular complexity index is 1200. The molecule has 0 bridgehead atoms. The number of amides is 1. The molecule has 166 valence electrons. The highest BCUT2D eigenvalue weighted by Crippen LogP contribution is 2.26. The summed E-state index contributed by atoms with van der Waals surface area (Å²) in [5.41, 5.74) is 3.78. The van der Waals surface area contributed by atoms with Crippen LogP contribution in [0.2, 0.25) is 0 Å². The first-order chi connectivity index (χ1) is 15.3. The predicted molar refractivity (Wildman–Crippen MR) is 123 cm³/mol. The lowest BCUT2D eigenvalue weighted by molar-refractivity contribution is 0.102. The number of aliphatic hydroxyl groups is 1. The molecular weight excluding hydrogens is 426 g/mol. The molecule has 0 atom stereocenters. The number of benzene rings is 2. The van der Waals surface area contributed by atoms with E-state index in [9.17, 15) is 18.3 Å². The van der Waals surface area contributed by atoms with Crippen LogP contribution in [-0.2, 0) is 10.0 Å². The SMILES string of the molecule is Cc1ccc(NC(=O)c2ccc(S(=O)(=O)N3CCC(O)CC3)cc2)cc1-c1ccccn1. The van der Waals surface area contributed by atoms with Gasteiger partial charge in [-0.2, -0.15) is 4.31 Å². The van der Waals surface area contributed by atoms with Gasteiger partial charge in [-0.15, -0.1) is 0 Å². The number of hydrogen-bond donors (Lipinski definition) is 2. The first-order valence-electron chi connectivity index (χ1n) is 10.5. The van der Waals surface area contributed by atoms with E-state index >= 15 is 0 Å². The zero-order chi connectivity index (χ0) is 22.7. The topological polar surface area (TPSA) is 99.6 Å². The van der Waals surface area contributed by atoms with Crippen LogP contribution < -0.4 is 5.32 Å². The Morgan fingerprint density at radius 2 is 1.78 bits per heavy atom. The second-order valence-corrected chi connectivity index (χ2v) is 9.80. The molecule has 1 aliphatic rings. The van der Waals surface area contributed by atoms with Crippen molar-refractivity contribution in [1.82, 2.24) is 9.29 Å². The minimum Gasteiger partial charge on any atom is -0.393 e. The first kappa shape index (κ1) is 22.1. The third kappa shape index (κ3) is 4.72. The van der Waals surface area contributed by atoms with Gasteiger partial charge in [-0.3, -0.25) is 9.78 Å². The van der Waals surface area contributed by atoms with E-state index in [2.05, 4.69) is 10.3 Å². The van der Waals surface area contributed by atoms with E-state index in [0.29, 0.717) is 24.1 Å². The van der Waals surface area contributed by atoms with Crippen molar-refractivity contribution in [3.05, 3.63) is 78.0 Å². The van der Waals surface area contributed by atoms with Crippen molar-refractivity contribution >= 4 is 21.6 Å². The molecule has 3 aromatic rings. The van der Waals surface area contributed by atoms with E-state index in [4.69, 9.17) is 0 Å². The molecule has 1 amide bonds. The second kappa shape index (κ2) is 9.20. The van der Waals surface area contributed by atoms with Crippen molar-refractivity contribution in [1.29, 1.82) is 0 Å². The van der Waals surface area contributed by atoms with Gasteiger partial charge in [-0.1, -0.05) is 12.1 Å². The number of carbonyl (C=O) groups excluding carboxylic acids is 1. The lowest BCUT2D eigenvalue weighted by atomic mass is 10.0. The van der Waals surface area contributed by atoms with E-state index in [-0.39, 0.29) is 23.9 Å². The van der Waals surface area contributed by atoms with Crippen LogP contribution in [0.5, 0.6) is 0 Å². The zero-order valence-corrected chi connectivity index (χ0v) is 18.5. The predicted octanol–water partition coefficient (Wildman–Crippen LogP) is 3.45. The van der Waals surface area contributed by atoms with Crippen LogP contribution in [0.1, 0.15) is 28.8 Å². The Morgan fingerprint density at radius 3 is 2.44 bits per heavy atom. The van der Waals surface area contributed by atoms with Gasteiger partial charge in [0.2, 0.25) is 10.0 Å². The molecule has 1 fully saturated rings. The van der Waals surface area contributed by atoms with Crippen molar-refractivity contribution in [3.8, 4) is 11.3 Å². The van der Waals surface area contributed by atoms with Crippen LogP contribution in [0.25, 0.3) is 11.3 Å². The van der Waals surface area contributed by atoms with E-state index in [1.165, 1.54) is 28.6 Å². The standard InChI is InChI=1S/C24H25N3O4S/c1-17-5-8-19(16-22(17)23-4-2-3-13-25-23)26-24(29)18-6-9-21(10-7-18)32(30,31)27-14-11-20(28)12-15-27/h2-10,13,16,20,28H,11-12,14-15H2,1H3,(H,26,29). The molecule has 0 radical (unpaired) electrons. The molecule has 1 aromatic heterocycles. The third-order valence-corrected chi connectivity index (χ3v) is 7.53. The molecule has 7 nitrogen and oxygen atoms in total. The Hall–Kier alpha value is -3.07. The number of rotatable bonds is 5. The molecule has 2 N–H and O–H groups in total. The molecule has 32 heavy (non-hydrogen) atoms. The number of nitrogens with one attached hydrogen (secondary N) is 1. The fraction of sp³-hybridized carbons (Fsp3) is 0.250. The van der Waals surface area contributed by atoms with E-state index in [1.54, 1.807) is 6.20 Å². The van der Waals surface area contributed by atoms with Crippen molar-refractivity contribution in [3.63, 3.8) is 0 Å². The first-order valence-corrected chi connectivity index (χ1v) is 11.9. The molecule has 0 unspecified atom stereocenters. The van der Waals surface area contributed by atoms with Crippen molar-refractivity contribution < 1.29 is 18.3 Å². The monoisotopic (exact) mass is 451 g/mol. The maximum Gasteiger partial charge on any atom is 0.255 e. The minimum absolute atomic E-state index is 0.137. The van der Waals surface area contributed by atoms with E-state index in [0.717, 1.165) is 16.8 Å². The van der Waals surface area contributed by atoms with Crippen LogP contribution in [0.15, 0.2) is 71.8 Å². The lowest BCUT2D eigenvalue weighted by Crippen LogP contribution is -2.39. The van der Waals surface area contributed by atoms with Crippen molar-refractivity contribution in [2.45, 2.75) is 30.8 Å². The summed E-state index contributed by atoms with van der Waals surface area (Å²) in [6.07, 6.45) is 2.13. The number of aromatic nitrogens is 1. The summed E-state index contributed by atoms with van der Waals surface area (Å²) >= 11 is 0.